The summed E-state index contributed by atoms with van der Waals surface area (Å²) in [6, 6.07) is 14.9. The molecule has 0 aliphatic carbocycles. The first-order valence-electron chi connectivity index (χ1n) is 11.3. The molecule has 2 N–H and O–H groups in total. The SMILES string of the molecule is Cc1ccc(NC(=O)Nc2ccc(N3CCCN(C(=O)c4ccc(F)cc4)CC3)nc2)c(C)c1. The van der Waals surface area contributed by atoms with E-state index in [1.54, 1.807) is 11.1 Å². The van der Waals surface area contributed by atoms with Crippen LogP contribution in [0.5, 0.6) is 0 Å². The number of anilines is 3. The van der Waals surface area contributed by atoms with Gasteiger partial charge in [-0.15, -0.1) is 0 Å². The van der Waals surface area contributed by atoms with E-state index in [2.05, 4.69) is 20.5 Å². The zero-order valence-electron chi connectivity index (χ0n) is 19.3. The third kappa shape index (κ3) is 5.70. The van der Waals surface area contributed by atoms with Crippen LogP contribution in [0.15, 0.2) is 60.8 Å². The lowest BCUT2D eigenvalue weighted by molar-refractivity contribution is 0.0767. The Balaban J connectivity index is 1.33. The Morgan fingerprint density at radius 3 is 2.41 bits per heavy atom. The topological polar surface area (TPSA) is 77.6 Å². The molecule has 1 aliphatic rings. The van der Waals surface area contributed by atoms with E-state index < -0.39 is 0 Å². The summed E-state index contributed by atoms with van der Waals surface area (Å²) in [6.45, 7) is 6.55. The van der Waals surface area contributed by atoms with Gasteiger partial charge in [0.25, 0.3) is 5.91 Å². The second-order valence-corrected chi connectivity index (χ2v) is 8.44. The van der Waals surface area contributed by atoms with Crippen molar-refractivity contribution in [3.05, 3.63) is 83.3 Å². The molecule has 0 atom stereocenters. The zero-order valence-corrected chi connectivity index (χ0v) is 19.3. The largest absolute Gasteiger partial charge is 0.355 e. The number of carbonyl (C=O) groups excluding carboxylic acids is 2. The van der Waals surface area contributed by atoms with Crippen molar-refractivity contribution < 1.29 is 14.0 Å². The van der Waals surface area contributed by atoms with Crippen molar-refractivity contribution in [2.24, 2.45) is 0 Å². The van der Waals surface area contributed by atoms with Gasteiger partial charge in [0.05, 0.1) is 11.9 Å². The molecule has 0 saturated carbocycles. The molecule has 0 unspecified atom stereocenters. The van der Waals surface area contributed by atoms with Crippen LogP contribution in [0.3, 0.4) is 0 Å². The molecule has 1 aromatic heterocycles. The second-order valence-electron chi connectivity index (χ2n) is 8.44. The lowest BCUT2D eigenvalue weighted by atomic mass is 10.1. The Morgan fingerprint density at radius 2 is 1.71 bits per heavy atom. The average Bonchev–Trinajstić information content (AvgIpc) is 3.08. The summed E-state index contributed by atoms with van der Waals surface area (Å²) in [7, 11) is 0. The van der Waals surface area contributed by atoms with Crippen molar-refractivity contribution in [2.75, 3.05) is 41.7 Å². The Morgan fingerprint density at radius 1 is 0.912 bits per heavy atom. The summed E-state index contributed by atoms with van der Waals surface area (Å²) in [5.41, 5.74) is 3.98. The fraction of sp³-hybridized carbons (Fsp3) is 0.269. The van der Waals surface area contributed by atoms with Gasteiger partial charge in [0, 0.05) is 37.4 Å². The van der Waals surface area contributed by atoms with Crippen molar-refractivity contribution >= 4 is 29.1 Å². The molecule has 34 heavy (non-hydrogen) atoms. The molecule has 4 rings (SSSR count). The molecular formula is C26H28FN5O2. The van der Waals surface area contributed by atoms with Crippen LogP contribution >= 0.6 is 0 Å². The number of hydrogen-bond acceptors (Lipinski definition) is 4. The number of benzene rings is 2. The zero-order chi connectivity index (χ0) is 24.1. The molecule has 1 fully saturated rings. The fourth-order valence-electron chi connectivity index (χ4n) is 4.01. The van der Waals surface area contributed by atoms with Crippen LogP contribution < -0.4 is 15.5 Å². The number of halogens is 1. The third-order valence-electron chi connectivity index (χ3n) is 5.83. The maximum absolute atomic E-state index is 13.2. The van der Waals surface area contributed by atoms with E-state index in [9.17, 15) is 14.0 Å². The maximum Gasteiger partial charge on any atom is 0.323 e. The Bertz CT molecular complexity index is 1160. The second kappa shape index (κ2) is 10.3. The highest BCUT2D eigenvalue weighted by atomic mass is 19.1. The van der Waals surface area contributed by atoms with Gasteiger partial charge >= 0.3 is 6.03 Å². The summed E-state index contributed by atoms with van der Waals surface area (Å²) >= 11 is 0. The minimum atomic E-state index is -0.356. The molecule has 1 aliphatic heterocycles. The van der Waals surface area contributed by atoms with Crippen LogP contribution in [0.25, 0.3) is 0 Å². The lowest BCUT2D eigenvalue weighted by Gasteiger charge is -2.23. The summed E-state index contributed by atoms with van der Waals surface area (Å²) < 4.78 is 13.2. The van der Waals surface area contributed by atoms with E-state index in [4.69, 9.17) is 0 Å². The van der Waals surface area contributed by atoms with Crippen LogP contribution in [0, 0.1) is 19.7 Å². The molecule has 0 bridgehead atoms. The van der Waals surface area contributed by atoms with Gasteiger partial charge in [0.15, 0.2) is 0 Å². The van der Waals surface area contributed by atoms with Crippen LogP contribution in [0.1, 0.15) is 27.9 Å². The molecule has 0 spiro atoms. The highest BCUT2D eigenvalue weighted by Crippen LogP contribution is 2.19. The normalized spacial score (nSPS) is 13.9. The molecule has 7 nitrogen and oxygen atoms in total. The number of hydrogen-bond donors (Lipinski definition) is 2. The number of carbonyl (C=O) groups is 2. The highest BCUT2D eigenvalue weighted by Gasteiger charge is 2.21. The van der Waals surface area contributed by atoms with E-state index in [0.29, 0.717) is 30.9 Å². The van der Waals surface area contributed by atoms with Crippen LogP contribution in [0.2, 0.25) is 0 Å². The molecular weight excluding hydrogens is 433 g/mol. The number of nitrogens with one attached hydrogen (secondary N) is 2. The molecule has 1 saturated heterocycles. The van der Waals surface area contributed by atoms with E-state index in [-0.39, 0.29) is 17.8 Å². The minimum Gasteiger partial charge on any atom is -0.355 e. The Kier molecular flexibility index (Phi) is 7.06. The number of urea groups is 1. The van der Waals surface area contributed by atoms with Gasteiger partial charge < -0.3 is 20.4 Å². The number of amides is 3. The van der Waals surface area contributed by atoms with Gasteiger partial charge in [-0.3, -0.25) is 4.79 Å². The Hall–Kier alpha value is -3.94. The van der Waals surface area contributed by atoms with Gasteiger partial charge in [-0.1, -0.05) is 17.7 Å². The fourth-order valence-corrected chi connectivity index (χ4v) is 4.01. The highest BCUT2D eigenvalue weighted by molar-refractivity contribution is 6.00. The number of aryl methyl sites for hydroxylation is 2. The van der Waals surface area contributed by atoms with Crippen LogP contribution in [-0.4, -0.2) is 48.0 Å². The van der Waals surface area contributed by atoms with E-state index >= 15 is 0 Å². The lowest BCUT2D eigenvalue weighted by Crippen LogP contribution is -2.35. The van der Waals surface area contributed by atoms with Gasteiger partial charge in [0.1, 0.15) is 11.6 Å². The van der Waals surface area contributed by atoms with Crippen molar-refractivity contribution in [1.82, 2.24) is 9.88 Å². The summed E-state index contributed by atoms with van der Waals surface area (Å²) in [5.74, 6) is 0.339. The minimum absolute atomic E-state index is 0.0933. The number of pyridine rings is 1. The predicted octanol–water partition coefficient (Wildman–Crippen LogP) is 4.83. The predicted molar refractivity (Wildman–Crippen MR) is 132 cm³/mol. The van der Waals surface area contributed by atoms with E-state index in [0.717, 1.165) is 35.6 Å². The van der Waals surface area contributed by atoms with Crippen LogP contribution in [-0.2, 0) is 0 Å². The summed E-state index contributed by atoms with van der Waals surface area (Å²) in [4.78, 5) is 33.5. The van der Waals surface area contributed by atoms with Crippen molar-refractivity contribution in [1.29, 1.82) is 0 Å². The monoisotopic (exact) mass is 461 g/mol. The summed E-state index contributed by atoms with van der Waals surface area (Å²) in [6.07, 6.45) is 2.43. The van der Waals surface area contributed by atoms with Crippen molar-refractivity contribution in [2.45, 2.75) is 20.3 Å². The number of rotatable bonds is 4. The smallest absolute Gasteiger partial charge is 0.323 e. The molecule has 2 aromatic carbocycles. The summed E-state index contributed by atoms with van der Waals surface area (Å²) in [5, 5.41) is 5.67. The molecule has 8 heteroatoms. The molecule has 3 aromatic rings. The first-order chi connectivity index (χ1) is 16.4. The van der Waals surface area contributed by atoms with Crippen LogP contribution in [0.4, 0.5) is 26.4 Å². The van der Waals surface area contributed by atoms with Gasteiger partial charge in [-0.05, 0) is 68.3 Å². The Labute approximate surface area is 198 Å². The standard InChI is InChI=1S/C26H28FN5O2/c1-18-4-10-23(19(2)16-18)30-26(34)29-22-9-11-24(28-17-22)31-12-3-13-32(15-14-31)25(33)20-5-7-21(27)8-6-20/h4-11,16-17H,3,12-15H2,1-2H3,(H2,29,30,34). The molecule has 176 valence electrons. The number of nitrogens with zero attached hydrogens (tertiary/aromatic N) is 3. The van der Waals surface area contributed by atoms with Gasteiger partial charge in [0.2, 0.25) is 0 Å². The average molecular weight is 462 g/mol. The van der Waals surface area contributed by atoms with Gasteiger partial charge in [-0.2, -0.15) is 0 Å². The molecule has 2 heterocycles. The molecule has 0 radical (unpaired) electrons. The molecule has 3 amide bonds. The van der Waals surface area contributed by atoms with Crippen molar-refractivity contribution in [3.63, 3.8) is 0 Å². The third-order valence-corrected chi connectivity index (χ3v) is 5.83. The van der Waals surface area contributed by atoms with E-state index in [1.165, 1.54) is 24.3 Å². The number of aromatic nitrogens is 1. The quantitative estimate of drug-likeness (QED) is 0.583. The van der Waals surface area contributed by atoms with E-state index in [1.807, 2.05) is 44.2 Å². The maximum atomic E-state index is 13.2. The van der Waals surface area contributed by atoms with Crippen molar-refractivity contribution in [3.8, 4) is 0 Å². The first kappa shape index (κ1) is 23.2. The first-order valence-corrected chi connectivity index (χ1v) is 11.3. The van der Waals surface area contributed by atoms with Gasteiger partial charge in [-0.25, -0.2) is 14.2 Å².